The van der Waals surface area contributed by atoms with Crippen molar-refractivity contribution < 1.29 is 34.0 Å². The largest absolute Gasteiger partial charge is 0.508 e. The van der Waals surface area contributed by atoms with Crippen molar-refractivity contribution in [3.05, 3.63) is 135 Å². The summed E-state index contributed by atoms with van der Waals surface area (Å²) in [6, 6.07) is 18.2. The maximum absolute atomic E-state index is 12.7. The Balaban J connectivity index is 1.18. The summed E-state index contributed by atoms with van der Waals surface area (Å²) in [6.07, 6.45) is 14.3. The van der Waals surface area contributed by atoms with Gasteiger partial charge in [0.2, 0.25) is 0 Å². The van der Waals surface area contributed by atoms with Crippen molar-refractivity contribution in [1.82, 2.24) is 10.6 Å². The van der Waals surface area contributed by atoms with E-state index in [1.165, 1.54) is 18.1 Å². The number of benzene rings is 4. The third-order valence-electron chi connectivity index (χ3n) is 15.4. The number of nitrogens with one attached hydrogen (secondary N) is 3. The number of carbonyl (C=O) groups is 1. The van der Waals surface area contributed by atoms with Crippen LogP contribution in [0.2, 0.25) is 0 Å². The first kappa shape index (κ1) is 43.0. The number of methoxy groups -OCH3 is 1. The van der Waals surface area contributed by atoms with E-state index in [4.69, 9.17) is 24.7 Å². The predicted molar refractivity (Wildman–Crippen MR) is 259 cm³/mol. The molecule has 0 amide bonds. The summed E-state index contributed by atoms with van der Waals surface area (Å²) in [4.78, 5) is 12.7. The average molecular weight is 899 g/mol. The number of hydrogen-bond acceptors (Lipinski definition) is 11. The van der Waals surface area contributed by atoms with Crippen LogP contribution in [0.15, 0.2) is 95.7 Å². The van der Waals surface area contributed by atoms with E-state index in [0.717, 1.165) is 93.9 Å². The number of allylic oxidation sites excluding steroid dienone is 5. The molecule has 1 fully saturated rings. The summed E-state index contributed by atoms with van der Waals surface area (Å²) in [5.74, 6) is 8.83. The first-order valence-electron chi connectivity index (χ1n) is 23.8. The topological polar surface area (TPSA) is 157 Å². The number of carbonyl (C=O) groups excluding carboxylic acids is 1. The Labute approximate surface area is 392 Å². The third kappa shape index (κ3) is 7.24. The number of esters is 1. The van der Waals surface area contributed by atoms with E-state index in [-0.39, 0.29) is 54.3 Å². The summed E-state index contributed by atoms with van der Waals surface area (Å²) >= 11 is 0. The van der Waals surface area contributed by atoms with E-state index in [2.05, 4.69) is 95.4 Å². The van der Waals surface area contributed by atoms with Crippen molar-refractivity contribution in [2.45, 2.75) is 82.0 Å². The van der Waals surface area contributed by atoms with Gasteiger partial charge in [0.05, 0.1) is 30.9 Å². The molecule has 7 N–H and O–H groups in total. The number of rotatable bonds is 8. The Bertz CT molecular complexity index is 2900. The highest BCUT2D eigenvalue weighted by Gasteiger charge is 2.54. The number of nitrogens with two attached hydrogens (primary N) is 1. The zero-order valence-corrected chi connectivity index (χ0v) is 38.5. The maximum atomic E-state index is 12.7. The zero-order chi connectivity index (χ0) is 46.1. The minimum Gasteiger partial charge on any atom is -0.508 e. The monoisotopic (exact) mass is 898 g/mol. The summed E-state index contributed by atoms with van der Waals surface area (Å²) < 4.78 is 26.0. The number of dihydropyridines is 1. The summed E-state index contributed by atoms with van der Waals surface area (Å²) in [5.41, 5.74) is 19.4. The molecule has 4 bridgehead atoms. The molecule has 11 rings (SSSR count). The molecule has 1 spiro atoms. The van der Waals surface area contributed by atoms with Gasteiger partial charge in [0.1, 0.15) is 36.6 Å². The van der Waals surface area contributed by atoms with Crippen LogP contribution in [0.3, 0.4) is 0 Å². The molecule has 0 saturated heterocycles. The standard InChI is InChI=1S/C56H58N4O7/c1-5-59-43-11-7-6-9-31(43)21-33-13-14-34-24-47(57)60-44-12-8-10-32-23-45(63)53-41(16-15-37(58-3)28-66-53)50(32)54-42(29-65-30(2)61)39-17-18-40-49-36(22-38(62)25-46(49)64-4)27-56(52(40)55(39)67-54)20-19-35(26-56)48(33)51(34)44/h6-7,9,11,13-18,22-25,33,35,37,42,47-48,54,58-60,62-63H,5,10,19-21,26-29,57H2,1-4H3/t33-,35+,37-,42-,47?,48+,54-,56+/m0/s1. The fourth-order valence-corrected chi connectivity index (χ4v) is 12.7. The van der Waals surface area contributed by atoms with Gasteiger partial charge < -0.3 is 50.8 Å². The fraction of sp³-hybridized carbons (Fsp3) is 0.375. The number of para-hydroxylation sites is 1. The molecule has 1 saturated carbocycles. The van der Waals surface area contributed by atoms with Crippen LogP contribution in [0.5, 0.6) is 28.7 Å². The van der Waals surface area contributed by atoms with Crippen molar-refractivity contribution >= 4 is 17.7 Å². The smallest absolute Gasteiger partial charge is 0.302 e. The molecule has 8 atom stereocenters. The van der Waals surface area contributed by atoms with Gasteiger partial charge in [0.15, 0.2) is 11.5 Å². The molecule has 3 aliphatic carbocycles. The highest BCUT2D eigenvalue weighted by atomic mass is 16.5. The fourth-order valence-electron chi connectivity index (χ4n) is 12.7. The van der Waals surface area contributed by atoms with Crippen molar-refractivity contribution in [1.29, 1.82) is 0 Å². The lowest BCUT2D eigenvalue weighted by atomic mass is 9.62. The minimum absolute atomic E-state index is 0.0192. The van der Waals surface area contributed by atoms with Gasteiger partial charge in [-0.25, -0.2) is 0 Å². The summed E-state index contributed by atoms with van der Waals surface area (Å²) in [5, 5.41) is 33.5. The van der Waals surface area contributed by atoms with Gasteiger partial charge in [-0.2, -0.15) is 0 Å². The Morgan fingerprint density at radius 2 is 1.94 bits per heavy atom. The first-order chi connectivity index (χ1) is 32.6. The molecule has 11 nitrogen and oxygen atoms in total. The molecule has 0 radical (unpaired) electrons. The highest BCUT2D eigenvalue weighted by molar-refractivity contribution is 5.85. The molecule has 4 aliphatic heterocycles. The predicted octanol–water partition coefficient (Wildman–Crippen LogP) is 8.25. The van der Waals surface area contributed by atoms with Crippen LogP contribution in [0.1, 0.15) is 84.1 Å². The van der Waals surface area contributed by atoms with Gasteiger partial charge in [-0.1, -0.05) is 60.6 Å². The molecule has 11 heteroatoms. The van der Waals surface area contributed by atoms with Crippen LogP contribution < -0.4 is 35.9 Å². The van der Waals surface area contributed by atoms with Gasteiger partial charge in [-0.05, 0) is 127 Å². The quantitative estimate of drug-likeness (QED) is 0.0748. The normalized spacial score (nSPS) is 26.8. The summed E-state index contributed by atoms with van der Waals surface area (Å²) in [7, 11) is 3.54. The number of fused-ring (bicyclic) bond motifs is 9. The molecule has 4 aromatic rings. The lowest BCUT2D eigenvalue weighted by Crippen LogP contribution is -2.42. The minimum atomic E-state index is -0.639. The number of aromatic hydroxyl groups is 2. The van der Waals surface area contributed by atoms with Crippen LogP contribution in [-0.2, 0) is 34.2 Å². The molecule has 67 heavy (non-hydrogen) atoms. The van der Waals surface area contributed by atoms with Gasteiger partial charge >= 0.3 is 5.97 Å². The Morgan fingerprint density at radius 3 is 2.76 bits per heavy atom. The number of phenols is 2. The van der Waals surface area contributed by atoms with Gasteiger partial charge in [-0.15, -0.1) is 0 Å². The molecule has 7 aliphatic rings. The lowest BCUT2D eigenvalue weighted by molar-refractivity contribution is -0.141. The van der Waals surface area contributed by atoms with Gasteiger partial charge in [-0.3, -0.25) is 4.79 Å². The molecular formula is C56H58N4O7. The third-order valence-corrected chi connectivity index (χ3v) is 15.4. The first-order valence-corrected chi connectivity index (χ1v) is 23.8. The number of anilines is 1. The van der Waals surface area contributed by atoms with Crippen LogP contribution >= 0.6 is 0 Å². The van der Waals surface area contributed by atoms with E-state index in [0.29, 0.717) is 30.1 Å². The van der Waals surface area contributed by atoms with Gasteiger partial charge in [0.25, 0.3) is 0 Å². The van der Waals surface area contributed by atoms with Crippen molar-refractivity contribution in [3.63, 3.8) is 0 Å². The molecule has 344 valence electrons. The van der Waals surface area contributed by atoms with E-state index < -0.39 is 23.6 Å². The van der Waals surface area contributed by atoms with Crippen LogP contribution in [0.4, 0.5) is 5.69 Å². The Kier molecular flexibility index (Phi) is 10.9. The average Bonchev–Trinajstić information content (AvgIpc) is 3.81. The number of hydrogen-bond donors (Lipinski definition) is 6. The second kappa shape index (κ2) is 16.9. The second-order valence-corrected chi connectivity index (χ2v) is 19.3. The van der Waals surface area contributed by atoms with Gasteiger partial charge in [0, 0.05) is 64.9 Å². The Hall–Kier alpha value is -6.61. The molecule has 1 unspecified atom stereocenters. The molecular weight excluding hydrogens is 841 g/mol. The van der Waals surface area contributed by atoms with Crippen LogP contribution in [0.25, 0.3) is 17.2 Å². The van der Waals surface area contributed by atoms with E-state index >= 15 is 0 Å². The summed E-state index contributed by atoms with van der Waals surface area (Å²) in [6.45, 7) is 4.80. The number of ether oxygens (including phenoxy) is 4. The van der Waals surface area contributed by atoms with E-state index in [9.17, 15) is 15.0 Å². The van der Waals surface area contributed by atoms with Crippen molar-refractivity contribution in [2.24, 2.45) is 23.5 Å². The lowest BCUT2D eigenvalue weighted by Gasteiger charge is -2.42. The number of phenolic OH excluding ortho intramolecular Hbond substituents is 2. The molecule has 0 aromatic heterocycles. The molecule has 4 heterocycles. The highest BCUT2D eigenvalue weighted by Crippen LogP contribution is 2.64. The SMILES string of the molecule is CCNc1ccccc1C[C@@H]1C=CC2=CC(N)NC3=C2[C@H]1[C@@H]1CC[C@]2(Cc4cc(O)cc(OC)c4-c4ccc5c(c42)O[C@H](c2c(cc(O)c4c2C=C[C@H](NC)CO4)CC#C3)[C@H]5COC(C)=O)C1. The zero-order valence-electron chi connectivity index (χ0n) is 38.5. The Morgan fingerprint density at radius 1 is 1.07 bits per heavy atom. The molecule has 4 aromatic carbocycles. The van der Waals surface area contributed by atoms with Crippen LogP contribution in [-0.4, -0.2) is 62.3 Å². The van der Waals surface area contributed by atoms with E-state index in [1.807, 2.05) is 19.2 Å². The van der Waals surface area contributed by atoms with E-state index in [1.54, 1.807) is 19.2 Å². The van der Waals surface area contributed by atoms with Crippen molar-refractivity contribution in [2.75, 3.05) is 39.2 Å². The van der Waals surface area contributed by atoms with Crippen molar-refractivity contribution in [3.8, 4) is 51.7 Å². The van der Waals surface area contributed by atoms with Crippen LogP contribution in [0, 0.1) is 29.6 Å². The maximum Gasteiger partial charge on any atom is 0.302 e. The second-order valence-electron chi connectivity index (χ2n) is 19.3. The number of likely N-dealkylation sites (N-methyl/N-ethyl adjacent to an activating group) is 1.